The number of carbonyl (C=O) groups is 3. The summed E-state index contributed by atoms with van der Waals surface area (Å²) in [6, 6.07) is 8.14. The van der Waals surface area contributed by atoms with E-state index in [1.54, 1.807) is 0 Å². The molecule has 0 bridgehead atoms. The molecule has 0 spiro atoms. The molecule has 46 heavy (non-hydrogen) atoms. The van der Waals surface area contributed by atoms with Crippen LogP contribution in [0, 0.1) is 10.1 Å². The summed E-state index contributed by atoms with van der Waals surface area (Å²) in [5, 5.41) is 24.3. The van der Waals surface area contributed by atoms with Gasteiger partial charge in [-0.1, -0.05) is 19.3 Å². The highest BCUT2D eigenvalue weighted by Crippen LogP contribution is 2.28. The van der Waals surface area contributed by atoms with Crippen molar-refractivity contribution in [3.63, 3.8) is 0 Å². The Bertz CT molecular complexity index is 1620. The van der Waals surface area contributed by atoms with Crippen molar-refractivity contribution in [3.8, 4) is 0 Å². The molecule has 15 nitrogen and oxygen atoms in total. The normalized spacial score (nSPS) is 11.6. The van der Waals surface area contributed by atoms with Gasteiger partial charge in [0.25, 0.3) is 15.9 Å². The minimum absolute atomic E-state index is 0.00426. The number of rotatable bonds is 18. The van der Waals surface area contributed by atoms with Crippen molar-refractivity contribution in [1.82, 2.24) is 20.4 Å². The Labute approximate surface area is 267 Å². The molecule has 16 heteroatoms. The molecule has 0 saturated carbocycles. The molecule has 3 N–H and O–H groups in total. The van der Waals surface area contributed by atoms with Crippen molar-refractivity contribution in [2.24, 2.45) is 0 Å². The molecular weight excluding hydrogens is 620 g/mol. The zero-order valence-corrected chi connectivity index (χ0v) is 27.0. The zero-order chi connectivity index (χ0) is 33.7. The molecule has 1 heterocycles. The molecule has 0 unspecified atom stereocenters. The van der Waals surface area contributed by atoms with Crippen molar-refractivity contribution in [2.75, 3.05) is 18.4 Å². The Kier molecular flexibility index (Phi) is 13.0. The minimum Gasteiger partial charge on any atom is -0.460 e. The highest BCUT2D eigenvalue weighted by atomic mass is 32.2. The van der Waals surface area contributed by atoms with Gasteiger partial charge >= 0.3 is 11.7 Å². The lowest BCUT2D eigenvalue weighted by Gasteiger charge is -2.19. The van der Waals surface area contributed by atoms with E-state index >= 15 is 0 Å². The summed E-state index contributed by atoms with van der Waals surface area (Å²) in [6.07, 6.45) is 5.17. The quantitative estimate of drug-likeness (QED) is 0.0737. The van der Waals surface area contributed by atoms with E-state index < -0.39 is 26.5 Å². The van der Waals surface area contributed by atoms with Gasteiger partial charge in [0.15, 0.2) is 5.52 Å². The zero-order valence-electron chi connectivity index (χ0n) is 26.2. The smallest absolute Gasteiger partial charge is 0.306 e. The monoisotopic (exact) mass is 660 g/mol. The summed E-state index contributed by atoms with van der Waals surface area (Å²) in [5.74, 6) is -1.21. The molecule has 0 radical (unpaired) electrons. The first kappa shape index (κ1) is 35.9. The van der Waals surface area contributed by atoms with Crippen molar-refractivity contribution in [2.45, 2.75) is 89.1 Å². The Morgan fingerprint density at radius 1 is 0.870 bits per heavy atom. The van der Waals surface area contributed by atoms with Crippen LogP contribution >= 0.6 is 0 Å². The number of hydrogen-bond donors (Lipinski definition) is 3. The van der Waals surface area contributed by atoms with Crippen LogP contribution in [0.2, 0.25) is 0 Å². The Hall–Kier alpha value is -4.60. The lowest BCUT2D eigenvalue weighted by molar-refractivity contribution is -0.383. The number of unbranched alkanes of at least 4 members (excludes halogenated alkanes) is 5. The predicted octanol–water partition coefficient (Wildman–Crippen LogP) is 4.63. The number of nitro groups is 1. The van der Waals surface area contributed by atoms with Gasteiger partial charge in [0.05, 0.1) is 15.5 Å². The lowest BCUT2D eigenvalue weighted by atomic mass is 10.1. The summed E-state index contributed by atoms with van der Waals surface area (Å²) in [4.78, 5) is 46.8. The molecular formula is C30H40N6O9S. The first-order valence-corrected chi connectivity index (χ1v) is 16.5. The van der Waals surface area contributed by atoms with Crippen LogP contribution in [0.1, 0.15) is 88.9 Å². The number of non-ortho nitro benzene ring substituents is 1. The number of anilines is 1. The lowest BCUT2D eigenvalue weighted by Crippen LogP contribution is -2.30. The summed E-state index contributed by atoms with van der Waals surface area (Å²) < 4.78 is 37.2. The van der Waals surface area contributed by atoms with E-state index in [1.807, 2.05) is 20.8 Å². The van der Waals surface area contributed by atoms with E-state index in [2.05, 4.69) is 30.3 Å². The van der Waals surface area contributed by atoms with E-state index in [1.165, 1.54) is 36.4 Å². The Morgan fingerprint density at radius 3 is 2.20 bits per heavy atom. The van der Waals surface area contributed by atoms with Crippen molar-refractivity contribution < 1.29 is 37.1 Å². The fraction of sp³-hybridized carbons (Fsp3) is 0.500. The highest BCUT2D eigenvalue weighted by Gasteiger charge is 2.20. The maximum absolute atomic E-state index is 12.6. The number of nitro benzene ring substituents is 1. The van der Waals surface area contributed by atoms with Gasteiger partial charge in [0.2, 0.25) is 11.4 Å². The van der Waals surface area contributed by atoms with Gasteiger partial charge in [-0.2, -0.15) is 0 Å². The number of sulfonamides is 1. The number of amides is 2. The summed E-state index contributed by atoms with van der Waals surface area (Å²) in [6.45, 7) is 6.41. The second-order valence-electron chi connectivity index (χ2n) is 11.6. The number of aromatic nitrogens is 2. The van der Waals surface area contributed by atoms with Gasteiger partial charge in [0, 0.05) is 37.6 Å². The van der Waals surface area contributed by atoms with Crippen LogP contribution in [-0.4, -0.2) is 60.1 Å². The van der Waals surface area contributed by atoms with E-state index in [4.69, 9.17) is 4.74 Å². The van der Waals surface area contributed by atoms with Crippen LogP contribution < -0.4 is 15.4 Å². The van der Waals surface area contributed by atoms with Crippen LogP contribution in [0.15, 0.2) is 45.9 Å². The molecule has 0 atom stereocenters. The molecule has 3 rings (SSSR count). The number of ether oxygens (including phenoxy) is 1. The van der Waals surface area contributed by atoms with Gasteiger partial charge in [-0.3, -0.25) is 24.5 Å². The Morgan fingerprint density at radius 2 is 1.50 bits per heavy atom. The van der Waals surface area contributed by atoms with E-state index in [0.717, 1.165) is 19.3 Å². The van der Waals surface area contributed by atoms with Crippen LogP contribution in [0.4, 0.5) is 11.4 Å². The average Bonchev–Trinajstić information content (AvgIpc) is 3.47. The van der Waals surface area contributed by atoms with Gasteiger partial charge in [-0.15, -0.1) is 0 Å². The number of benzene rings is 2. The first-order valence-electron chi connectivity index (χ1n) is 15.1. The summed E-state index contributed by atoms with van der Waals surface area (Å²) >= 11 is 0. The maximum Gasteiger partial charge on any atom is 0.306 e. The maximum atomic E-state index is 12.6. The third kappa shape index (κ3) is 11.4. The van der Waals surface area contributed by atoms with Gasteiger partial charge in [-0.25, -0.2) is 17.8 Å². The van der Waals surface area contributed by atoms with Crippen LogP contribution in [-0.2, 0) is 24.3 Å². The predicted molar refractivity (Wildman–Crippen MR) is 168 cm³/mol. The molecule has 0 saturated heterocycles. The minimum atomic E-state index is -4.10. The number of nitrogens with zero attached hydrogens (tertiary/aromatic N) is 3. The molecule has 250 valence electrons. The third-order valence-electron chi connectivity index (χ3n) is 6.68. The molecule has 1 aromatic heterocycles. The number of carbonyl (C=O) groups excluding carboxylic acids is 3. The summed E-state index contributed by atoms with van der Waals surface area (Å²) in [5.41, 5.74) is 0.398. The Balaban J connectivity index is 1.31. The topological polar surface area (TPSA) is 213 Å². The van der Waals surface area contributed by atoms with Crippen LogP contribution in [0.3, 0.4) is 0 Å². The molecule has 0 aliphatic carbocycles. The van der Waals surface area contributed by atoms with Crippen molar-refractivity contribution in [3.05, 3.63) is 52.1 Å². The number of hydrogen-bond acceptors (Lipinski definition) is 12. The first-order chi connectivity index (χ1) is 21.8. The van der Waals surface area contributed by atoms with Gasteiger partial charge in [-0.05, 0) is 87.1 Å². The molecule has 2 amide bonds. The number of nitrogens with one attached hydrogen (secondary N) is 3. The molecule has 2 aromatic carbocycles. The van der Waals surface area contributed by atoms with E-state index in [-0.39, 0.29) is 45.5 Å². The molecule has 3 aromatic rings. The second kappa shape index (κ2) is 16.6. The molecule has 0 aliphatic rings. The van der Waals surface area contributed by atoms with Crippen LogP contribution in [0.5, 0.6) is 0 Å². The highest BCUT2D eigenvalue weighted by molar-refractivity contribution is 7.90. The molecule has 0 fully saturated rings. The second-order valence-corrected chi connectivity index (χ2v) is 13.3. The SMILES string of the molecule is CC(C)(C)OC(=O)CCCCCCNC(=O)c1ccc(S(=O)(=O)NC(=O)CCCCCNc2ccc([N+](=O)[O-])c3nonc23)cc1. The molecule has 0 aliphatic heterocycles. The van der Waals surface area contributed by atoms with E-state index in [0.29, 0.717) is 50.9 Å². The standard InChI is InChI=1S/C30H40N6O9S/c1-30(2,3)44-26(38)12-8-4-5-9-20-32-29(39)21-13-15-22(16-14-21)46(42,43)35-25(37)11-7-6-10-19-31-23-17-18-24(36(40)41)28-27(23)33-45-34-28/h13-18,31H,4-12,19-20H2,1-3H3,(H,32,39)(H,35,37). The van der Waals surface area contributed by atoms with Gasteiger partial charge < -0.3 is 15.4 Å². The van der Waals surface area contributed by atoms with E-state index in [9.17, 15) is 32.9 Å². The van der Waals surface area contributed by atoms with Crippen LogP contribution in [0.25, 0.3) is 11.0 Å². The summed E-state index contributed by atoms with van der Waals surface area (Å²) in [7, 11) is -4.10. The number of esters is 1. The largest absolute Gasteiger partial charge is 0.460 e. The van der Waals surface area contributed by atoms with Crippen molar-refractivity contribution >= 4 is 50.2 Å². The number of fused-ring (bicyclic) bond motifs is 1. The third-order valence-corrected chi connectivity index (χ3v) is 8.06. The average molecular weight is 661 g/mol. The van der Waals surface area contributed by atoms with Crippen molar-refractivity contribution in [1.29, 1.82) is 0 Å². The van der Waals surface area contributed by atoms with Gasteiger partial charge in [0.1, 0.15) is 5.60 Å². The fourth-order valence-corrected chi connectivity index (χ4v) is 5.46. The fourth-order valence-electron chi connectivity index (χ4n) is 4.44.